The zero-order valence-corrected chi connectivity index (χ0v) is 12.7. The zero-order valence-electron chi connectivity index (χ0n) is 11.9. The predicted octanol–water partition coefficient (Wildman–Crippen LogP) is 2.70. The van der Waals surface area contributed by atoms with Gasteiger partial charge in [-0.25, -0.2) is 8.42 Å². The molecule has 0 radical (unpaired) electrons. The molecule has 3 nitrogen and oxygen atoms in total. The molecule has 1 fully saturated rings. The number of hydrogen-bond acceptors (Lipinski definition) is 3. The van der Waals surface area contributed by atoms with Crippen molar-refractivity contribution in [3.8, 4) is 0 Å². The maximum Gasteiger partial charge on any atom is 0.157 e. The maximum absolute atomic E-state index is 11.6. The summed E-state index contributed by atoms with van der Waals surface area (Å²) in [6, 6.07) is 0. The van der Waals surface area contributed by atoms with E-state index in [9.17, 15) is 13.2 Å². The minimum absolute atomic E-state index is 0.0564. The largest absolute Gasteiger partial charge is 0.302 e. The molecule has 4 unspecified atom stereocenters. The summed E-state index contributed by atoms with van der Waals surface area (Å²) in [6.07, 6.45) is 6.33. The van der Waals surface area contributed by atoms with Gasteiger partial charge in [0.2, 0.25) is 0 Å². The molecule has 1 aliphatic rings. The van der Waals surface area contributed by atoms with Crippen molar-refractivity contribution in [1.29, 1.82) is 0 Å². The second-order valence-corrected chi connectivity index (χ2v) is 8.42. The minimum Gasteiger partial charge on any atom is -0.302 e. The lowest BCUT2D eigenvalue weighted by Gasteiger charge is -2.36. The summed E-state index contributed by atoms with van der Waals surface area (Å²) >= 11 is 0. The van der Waals surface area contributed by atoms with E-state index in [1.54, 1.807) is 0 Å². The summed E-state index contributed by atoms with van der Waals surface area (Å²) in [4.78, 5) is 11.1. The van der Waals surface area contributed by atoms with E-state index in [1.165, 1.54) is 12.7 Å². The molecule has 106 valence electrons. The van der Waals surface area contributed by atoms with Gasteiger partial charge in [-0.1, -0.05) is 40.0 Å². The van der Waals surface area contributed by atoms with Gasteiger partial charge in [-0.2, -0.15) is 0 Å². The molecule has 0 aromatic heterocycles. The van der Waals surface area contributed by atoms with Crippen LogP contribution in [0, 0.1) is 23.7 Å². The van der Waals surface area contributed by atoms with E-state index < -0.39 is 15.1 Å². The summed E-state index contributed by atoms with van der Waals surface area (Å²) in [5.74, 6) is 1.64. The molecule has 0 bridgehead atoms. The fourth-order valence-electron chi connectivity index (χ4n) is 3.23. The molecular weight excluding hydrogens is 248 g/mol. The lowest BCUT2D eigenvalue weighted by Crippen LogP contribution is -2.36. The Morgan fingerprint density at radius 1 is 1.11 bits per heavy atom. The highest BCUT2D eigenvalue weighted by Crippen LogP contribution is 2.38. The number of aldehydes is 1. The van der Waals surface area contributed by atoms with Crippen LogP contribution in [-0.2, 0) is 14.6 Å². The second-order valence-electron chi connectivity index (χ2n) is 6.22. The van der Waals surface area contributed by atoms with Gasteiger partial charge in [-0.05, 0) is 30.1 Å². The number of hydrogen-bond donors (Lipinski definition) is 0. The minimum atomic E-state index is -3.27. The molecule has 0 N–H and O–H groups in total. The van der Waals surface area contributed by atoms with Gasteiger partial charge in [0.25, 0.3) is 0 Å². The van der Waals surface area contributed by atoms with E-state index in [2.05, 4.69) is 13.8 Å². The summed E-state index contributed by atoms with van der Waals surface area (Å²) < 4.78 is 23.3. The molecule has 4 atom stereocenters. The third-order valence-electron chi connectivity index (χ3n) is 4.59. The Bertz CT molecular complexity index is 373. The highest BCUT2D eigenvalue weighted by molar-refractivity contribution is 7.92. The van der Waals surface area contributed by atoms with E-state index in [1.807, 2.05) is 6.92 Å². The molecule has 4 heteroatoms. The Morgan fingerprint density at radius 2 is 1.67 bits per heavy atom. The molecule has 0 aromatic rings. The lowest BCUT2D eigenvalue weighted by molar-refractivity contribution is -0.108. The van der Waals surface area contributed by atoms with E-state index >= 15 is 0 Å². The van der Waals surface area contributed by atoms with Crippen molar-refractivity contribution in [3.63, 3.8) is 0 Å². The summed E-state index contributed by atoms with van der Waals surface area (Å²) in [6.45, 7) is 6.38. The molecule has 1 saturated carbocycles. The van der Waals surface area contributed by atoms with E-state index in [0.717, 1.165) is 19.3 Å². The Balaban J connectivity index is 2.77. The quantitative estimate of drug-likeness (QED) is 0.724. The standard InChI is InChI=1S/C14H26O3S/c1-10(2)12-6-5-7-13(8-12)11(3)14(9-15)18(4,16)17/h9-14H,5-8H2,1-4H3. The molecule has 18 heavy (non-hydrogen) atoms. The van der Waals surface area contributed by atoms with Gasteiger partial charge >= 0.3 is 0 Å². The summed E-state index contributed by atoms with van der Waals surface area (Å²) in [7, 11) is -3.27. The molecule has 1 rings (SSSR count). The van der Waals surface area contributed by atoms with Crippen LogP contribution in [0.1, 0.15) is 46.5 Å². The maximum atomic E-state index is 11.6. The molecule has 0 saturated heterocycles. The first kappa shape index (κ1) is 15.7. The Labute approximate surface area is 111 Å². The van der Waals surface area contributed by atoms with Crippen molar-refractivity contribution in [2.45, 2.75) is 51.7 Å². The molecule has 0 aromatic carbocycles. The fourth-order valence-corrected chi connectivity index (χ4v) is 4.44. The topological polar surface area (TPSA) is 51.2 Å². The van der Waals surface area contributed by atoms with Crippen molar-refractivity contribution < 1.29 is 13.2 Å². The van der Waals surface area contributed by atoms with Crippen molar-refractivity contribution in [1.82, 2.24) is 0 Å². The van der Waals surface area contributed by atoms with Gasteiger partial charge in [0.1, 0.15) is 11.5 Å². The van der Waals surface area contributed by atoms with Crippen LogP contribution in [0.2, 0.25) is 0 Å². The number of sulfone groups is 1. The Hall–Kier alpha value is -0.380. The second kappa shape index (κ2) is 6.18. The van der Waals surface area contributed by atoms with Crippen molar-refractivity contribution in [2.24, 2.45) is 23.7 Å². The number of carbonyl (C=O) groups is 1. The van der Waals surface area contributed by atoms with E-state index in [-0.39, 0.29) is 5.92 Å². The summed E-state index contributed by atoms with van der Waals surface area (Å²) in [5, 5.41) is -0.826. The molecule has 1 aliphatic carbocycles. The third-order valence-corrected chi connectivity index (χ3v) is 6.12. The van der Waals surface area contributed by atoms with Gasteiger partial charge in [0.05, 0.1) is 0 Å². The van der Waals surface area contributed by atoms with Crippen LogP contribution in [-0.4, -0.2) is 26.2 Å². The Morgan fingerprint density at radius 3 is 2.11 bits per heavy atom. The van der Waals surface area contributed by atoms with Crippen LogP contribution < -0.4 is 0 Å². The van der Waals surface area contributed by atoms with Crippen molar-refractivity contribution >= 4 is 16.1 Å². The van der Waals surface area contributed by atoms with Gasteiger partial charge in [-0.15, -0.1) is 0 Å². The molecule has 0 aliphatic heterocycles. The highest BCUT2D eigenvalue weighted by Gasteiger charge is 2.35. The van der Waals surface area contributed by atoms with Gasteiger partial charge < -0.3 is 4.79 Å². The van der Waals surface area contributed by atoms with Gasteiger partial charge in [0, 0.05) is 6.26 Å². The molecule has 0 spiro atoms. The van der Waals surface area contributed by atoms with E-state index in [0.29, 0.717) is 24.0 Å². The van der Waals surface area contributed by atoms with Crippen LogP contribution in [0.15, 0.2) is 0 Å². The van der Waals surface area contributed by atoms with Crippen LogP contribution in [0.3, 0.4) is 0 Å². The molecule has 0 amide bonds. The smallest absolute Gasteiger partial charge is 0.157 e. The SMILES string of the molecule is CC(C)C1CCCC(C(C)C(C=O)S(C)(=O)=O)C1. The average Bonchev–Trinajstić information content (AvgIpc) is 2.28. The van der Waals surface area contributed by atoms with Crippen molar-refractivity contribution in [3.05, 3.63) is 0 Å². The van der Waals surface area contributed by atoms with Crippen molar-refractivity contribution in [2.75, 3.05) is 6.26 Å². The summed E-state index contributed by atoms with van der Waals surface area (Å²) in [5.41, 5.74) is 0. The van der Waals surface area contributed by atoms with Crippen LogP contribution in [0.25, 0.3) is 0 Å². The van der Waals surface area contributed by atoms with Crippen LogP contribution in [0.5, 0.6) is 0 Å². The number of carbonyl (C=O) groups excluding carboxylic acids is 1. The molecular formula is C14H26O3S. The Kier molecular flexibility index (Phi) is 5.38. The lowest BCUT2D eigenvalue weighted by atomic mass is 9.71. The normalized spacial score (nSPS) is 28.9. The third kappa shape index (κ3) is 3.81. The average molecular weight is 274 g/mol. The zero-order chi connectivity index (χ0) is 13.9. The van der Waals surface area contributed by atoms with E-state index in [4.69, 9.17) is 0 Å². The molecule has 0 heterocycles. The van der Waals surface area contributed by atoms with Gasteiger partial charge in [0.15, 0.2) is 9.84 Å². The number of rotatable bonds is 5. The van der Waals surface area contributed by atoms with Gasteiger partial charge in [-0.3, -0.25) is 0 Å². The highest BCUT2D eigenvalue weighted by atomic mass is 32.2. The predicted molar refractivity (Wildman–Crippen MR) is 74.1 cm³/mol. The fraction of sp³-hybridized carbons (Fsp3) is 0.929. The van der Waals surface area contributed by atoms with Crippen LogP contribution in [0.4, 0.5) is 0 Å². The first-order chi connectivity index (χ1) is 8.27. The monoisotopic (exact) mass is 274 g/mol. The van der Waals surface area contributed by atoms with Crippen LogP contribution >= 0.6 is 0 Å². The first-order valence-electron chi connectivity index (χ1n) is 6.91. The first-order valence-corrected chi connectivity index (χ1v) is 8.87.